The van der Waals surface area contributed by atoms with Crippen LogP contribution >= 0.6 is 11.6 Å². The molecular formula is C11H9ClFN3O. The Morgan fingerprint density at radius 3 is 2.82 bits per heavy atom. The zero-order valence-electron chi connectivity index (χ0n) is 8.95. The van der Waals surface area contributed by atoms with Crippen LogP contribution in [0.1, 0.15) is 11.5 Å². The Kier molecular flexibility index (Phi) is 3.10. The van der Waals surface area contributed by atoms with E-state index < -0.39 is 5.82 Å². The second-order valence-corrected chi connectivity index (χ2v) is 3.83. The SMILES string of the molecule is Cc1cc(C(N)=Nc2ccc(F)c(Cl)c2)no1. The third-order valence-electron chi connectivity index (χ3n) is 2.04. The van der Waals surface area contributed by atoms with Gasteiger partial charge in [0.25, 0.3) is 0 Å². The standard InChI is InChI=1S/C11H9ClFN3O/c1-6-4-10(16-17-6)11(14)15-7-2-3-9(13)8(12)5-7/h2-5H,1H3,(H2,14,15). The molecule has 6 heteroatoms. The Labute approximate surface area is 102 Å². The summed E-state index contributed by atoms with van der Waals surface area (Å²) in [7, 11) is 0. The van der Waals surface area contributed by atoms with Crippen molar-refractivity contribution in [1.29, 1.82) is 0 Å². The summed E-state index contributed by atoms with van der Waals surface area (Å²) in [6.45, 7) is 1.75. The number of hydrogen-bond donors (Lipinski definition) is 1. The van der Waals surface area contributed by atoms with Crippen LogP contribution in [0.3, 0.4) is 0 Å². The number of nitrogens with two attached hydrogens (primary N) is 1. The van der Waals surface area contributed by atoms with Crippen LogP contribution < -0.4 is 5.73 Å². The van der Waals surface area contributed by atoms with Gasteiger partial charge in [-0.15, -0.1) is 0 Å². The fourth-order valence-corrected chi connectivity index (χ4v) is 1.41. The van der Waals surface area contributed by atoms with Crippen molar-refractivity contribution in [2.45, 2.75) is 6.92 Å². The monoisotopic (exact) mass is 253 g/mol. The predicted octanol–water partition coefficient (Wildman–Crippen LogP) is 2.81. The summed E-state index contributed by atoms with van der Waals surface area (Å²) < 4.78 is 17.8. The zero-order valence-corrected chi connectivity index (χ0v) is 9.70. The molecule has 1 aromatic carbocycles. The van der Waals surface area contributed by atoms with E-state index >= 15 is 0 Å². The van der Waals surface area contributed by atoms with Crippen molar-refractivity contribution in [3.63, 3.8) is 0 Å². The van der Waals surface area contributed by atoms with Crippen molar-refractivity contribution in [3.8, 4) is 0 Å². The van der Waals surface area contributed by atoms with Gasteiger partial charge in [0.1, 0.15) is 17.3 Å². The lowest BCUT2D eigenvalue weighted by atomic mass is 10.3. The lowest BCUT2D eigenvalue weighted by Crippen LogP contribution is -2.12. The third kappa shape index (κ3) is 2.62. The van der Waals surface area contributed by atoms with Gasteiger partial charge in [-0.2, -0.15) is 0 Å². The third-order valence-corrected chi connectivity index (χ3v) is 2.33. The lowest BCUT2D eigenvalue weighted by Gasteiger charge is -1.98. The molecule has 2 N–H and O–H groups in total. The average molecular weight is 254 g/mol. The maximum absolute atomic E-state index is 12.9. The van der Waals surface area contributed by atoms with Gasteiger partial charge in [0.05, 0.1) is 10.7 Å². The number of halogens is 2. The number of aliphatic imine (C=N–C) groups is 1. The molecule has 1 aromatic heterocycles. The van der Waals surface area contributed by atoms with Gasteiger partial charge in [0.2, 0.25) is 0 Å². The molecular weight excluding hydrogens is 245 g/mol. The average Bonchev–Trinajstić information content (AvgIpc) is 2.70. The summed E-state index contributed by atoms with van der Waals surface area (Å²) in [5.41, 5.74) is 6.61. The van der Waals surface area contributed by atoms with Crippen molar-refractivity contribution >= 4 is 23.1 Å². The molecule has 2 aromatic rings. The number of amidine groups is 1. The van der Waals surface area contributed by atoms with Gasteiger partial charge in [-0.1, -0.05) is 16.8 Å². The number of rotatable bonds is 2. The second-order valence-electron chi connectivity index (χ2n) is 3.42. The summed E-state index contributed by atoms with van der Waals surface area (Å²) in [6.07, 6.45) is 0. The van der Waals surface area contributed by atoms with Crippen LogP contribution in [-0.4, -0.2) is 11.0 Å². The van der Waals surface area contributed by atoms with Gasteiger partial charge in [0.15, 0.2) is 5.84 Å². The summed E-state index contributed by atoms with van der Waals surface area (Å²) in [5.74, 6) is 0.321. The molecule has 0 unspecified atom stereocenters. The molecule has 0 bridgehead atoms. The molecule has 0 fully saturated rings. The number of aryl methyl sites for hydroxylation is 1. The van der Waals surface area contributed by atoms with E-state index in [1.165, 1.54) is 18.2 Å². The van der Waals surface area contributed by atoms with Crippen LogP contribution in [0, 0.1) is 12.7 Å². The predicted molar refractivity (Wildman–Crippen MR) is 63.0 cm³/mol. The number of aromatic nitrogens is 1. The molecule has 2 rings (SSSR count). The molecule has 0 aliphatic rings. The van der Waals surface area contributed by atoms with Gasteiger partial charge in [-0.25, -0.2) is 9.38 Å². The minimum atomic E-state index is -0.499. The first-order valence-electron chi connectivity index (χ1n) is 4.79. The summed E-state index contributed by atoms with van der Waals surface area (Å²) in [4.78, 5) is 4.07. The van der Waals surface area contributed by atoms with Crippen LogP contribution in [0.15, 0.2) is 33.8 Å². The summed E-state index contributed by atoms with van der Waals surface area (Å²) >= 11 is 5.63. The minimum Gasteiger partial charge on any atom is -0.382 e. The van der Waals surface area contributed by atoms with Gasteiger partial charge in [0, 0.05) is 6.07 Å². The van der Waals surface area contributed by atoms with Gasteiger partial charge < -0.3 is 10.3 Å². The van der Waals surface area contributed by atoms with Gasteiger partial charge in [-0.3, -0.25) is 0 Å². The van der Waals surface area contributed by atoms with Crippen molar-refractivity contribution in [2.75, 3.05) is 0 Å². The zero-order chi connectivity index (χ0) is 12.4. The van der Waals surface area contributed by atoms with E-state index in [1.807, 2.05) is 0 Å². The van der Waals surface area contributed by atoms with E-state index in [4.69, 9.17) is 21.9 Å². The lowest BCUT2D eigenvalue weighted by molar-refractivity contribution is 0.396. The Morgan fingerprint density at radius 2 is 2.24 bits per heavy atom. The van der Waals surface area contributed by atoms with Crippen molar-refractivity contribution in [1.82, 2.24) is 5.16 Å². The highest BCUT2D eigenvalue weighted by molar-refractivity contribution is 6.31. The highest BCUT2D eigenvalue weighted by Gasteiger charge is 2.06. The first-order valence-corrected chi connectivity index (χ1v) is 5.17. The van der Waals surface area contributed by atoms with Crippen molar-refractivity contribution < 1.29 is 8.91 Å². The molecule has 0 saturated heterocycles. The van der Waals surface area contributed by atoms with Crippen LogP contribution in [0.5, 0.6) is 0 Å². The first-order chi connectivity index (χ1) is 8.06. The molecule has 0 spiro atoms. The molecule has 0 aliphatic heterocycles. The molecule has 0 aliphatic carbocycles. The Hall–Kier alpha value is -1.88. The van der Waals surface area contributed by atoms with Gasteiger partial charge in [-0.05, 0) is 25.1 Å². The number of nitrogens with zero attached hydrogens (tertiary/aromatic N) is 2. The van der Waals surface area contributed by atoms with E-state index in [1.54, 1.807) is 13.0 Å². The van der Waals surface area contributed by atoms with Crippen molar-refractivity contribution in [2.24, 2.45) is 10.7 Å². The molecule has 0 amide bonds. The van der Waals surface area contributed by atoms with E-state index in [-0.39, 0.29) is 10.9 Å². The molecule has 0 radical (unpaired) electrons. The minimum absolute atomic E-state index is 0.00427. The van der Waals surface area contributed by atoms with Crippen LogP contribution in [0.4, 0.5) is 10.1 Å². The summed E-state index contributed by atoms with van der Waals surface area (Å²) in [6, 6.07) is 5.74. The van der Waals surface area contributed by atoms with Crippen LogP contribution in [0.2, 0.25) is 5.02 Å². The highest BCUT2D eigenvalue weighted by Crippen LogP contribution is 2.21. The van der Waals surface area contributed by atoms with E-state index in [0.29, 0.717) is 17.1 Å². The fraction of sp³-hybridized carbons (Fsp3) is 0.0909. The number of hydrogen-bond acceptors (Lipinski definition) is 3. The molecule has 4 nitrogen and oxygen atoms in total. The topological polar surface area (TPSA) is 64.4 Å². The molecule has 0 atom stereocenters. The molecule has 88 valence electrons. The van der Waals surface area contributed by atoms with E-state index in [0.717, 1.165) is 0 Å². The largest absolute Gasteiger partial charge is 0.382 e. The Morgan fingerprint density at radius 1 is 1.47 bits per heavy atom. The maximum atomic E-state index is 12.9. The molecule has 0 saturated carbocycles. The van der Waals surface area contributed by atoms with Gasteiger partial charge >= 0.3 is 0 Å². The highest BCUT2D eigenvalue weighted by atomic mass is 35.5. The maximum Gasteiger partial charge on any atom is 0.153 e. The quantitative estimate of drug-likeness (QED) is 0.661. The normalized spacial score (nSPS) is 11.8. The second kappa shape index (κ2) is 4.55. The fourth-order valence-electron chi connectivity index (χ4n) is 1.24. The van der Waals surface area contributed by atoms with Crippen LogP contribution in [0.25, 0.3) is 0 Å². The van der Waals surface area contributed by atoms with E-state index in [9.17, 15) is 4.39 Å². The van der Waals surface area contributed by atoms with Crippen molar-refractivity contribution in [3.05, 3.63) is 46.6 Å². The molecule has 1 heterocycles. The van der Waals surface area contributed by atoms with Crippen LogP contribution in [-0.2, 0) is 0 Å². The Bertz CT molecular complexity index is 580. The number of benzene rings is 1. The molecule has 17 heavy (non-hydrogen) atoms. The smallest absolute Gasteiger partial charge is 0.153 e. The van der Waals surface area contributed by atoms with E-state index in [2.05, 4.69) is 10.1 Å². The Balaban J connectivity index is 2.32. The summed E-state index contributed by atoms with van der Waals surface area (Å²) in [5, 5.41) is 3.71. The first kappa shape index (κ1) is 11.6.